The van der Waals surface area contributed by atoms with Crippen molar-refractivity contribution in [2.45, 2.75) is 22.8 Å². The van der Waals surface area contributed by atoms with Gasteiger partial charge in [0, 0.05) is 26.2 Å². The second kappa shape index (κ2) is 7.39. The second-order valence-corrected chi connectivity index (χ2v) is 8.37. The molecule has 0 bridgehead atoms. The molecule has 0 N–H and O–H groups in total. The van der Waals surface area contributed by atoms with Crippen LogP contribution in [0.4, 0.5) is 13.2 Å². The average Bonchev–Trinajstić information content (AvgIpc) is 2.98. The third-order valence-corrected chi connectivity index (χ3v) is 5.05. The van der Waals surface area contributed by atoms with Crippen LogP contribution in [0.2, 0.25) is 0 Å². The molecule has 2 heterocycles. The summed E-state index contributed by atoms with van der Waals surface area (Å²) in [5.74, 6) is -3.39. The maximum atomic E-state index is 13.8. The Morgan fingerprint density at radius 2 is 1.59 bits per heavy atom. The number of ether oxygens (including phenoxy) is 2. The van der Waals surface area contributed by atoms with Crippen molar-refractivity contribution in [3.8, 4) is 11.5 Å². The highest BCUT2D eigenvalue weighted by molar-refractivity contribution is 6.68. The number of benzene rings is 1. The molecule has 3 rings (SSSR count). The smallest absolute Gasteiger partial charge is 0.427 e. The number of halogens is 6. The van der Waals surface area contributed by atoms with Crippen LogP contribution in [0.15, 0.2) is 29.3 Å². The van der Waals surface area contributed by atoms with Crippen molar-refractivity contribution in [2.24, 2.45) is 4.99 Å². The van der Waals surface area contributed by atoms with Gasteiger partial charge in [0.15, 0.2) is 11.5 Å². The lowest BCUT2D eigenvalue weighted by atomic mass is 10.3. The molecule has 150 valence electrons. The Labute approximate surface area is 169 Å². The van der Waals surface area contributed by atoms with Crippen LogP contribution in [0.25, 0.3) is 0 Å². The van der Waals surface area contributed by atoms with E-state index in [4.69, 9.17) is 44.3 Å². The van der Waals surface area contributed by atoms with Crippen LogP contribution < -0.4 is 9.47 Å². The van der Waals surface area contributed by atoms with Gasteiger partial charge in [0.1, 0.15) is 0 Å². The van der Waals surface area contributed by atoms with Crippen molar-refractivity contribution in [1.29, 1.82) is 0 Å². The number of nitrogens with zero attached hydrogens (tertiary/aromatic N) is 3. The highest BCUT2D eigenvalue weighted by Gasteiger charge is 2.60. The first-order valence-electron chi connectivity index (χ1n) is 8.24. The molecule has 11 heteroatoms. The minimum atomic E-state index is -4.78. The van der Waals surface area contributed by atoms with Gasteiger partial charge in [-0.25, -0.2) is 0 Å². The molecule has 2 aliphatic heterocycles. The molecule has 27 heavy (non-hydrogen) atoms. The SMILES string of the molecule is CCN1CCN(/C(=N\C2(C(Cl)(Cl)Cl)Oc3ccccc3O2)C(F)(F)F)CC1. The molecule has 0 atom stereocenters. The molecule has 0 unspecified atom stereocenters. The van der Waals surface area contributed by atoms with Crippen molar-refractivity contribution in [3.05, 3.63) is 24.3 Å². The summed E-state index contributed by atoms with van der Waals surface area (Å²) in [6.45, 7) is 3.91. The van der Waals surface area contributed by atoms with E-state index in [1.807, 2.05) is 11.8 Å². The zero-order chi connectivity index (χ0) is 19.9. The van der Waals surface area contributed by atoms with Gasteiger partial charge in [-0.1, -0.05) is 53.9 Å². The van der Waals surface area contributed by atoms with Gasteiger partial charge in [0.25, 0.3) is 3.79 Å². The Balaban J connectivity index is 1.99. The number of likely N-dealkylation sites (N-methyl/N-ethyl adjacent to an activating group) is 1. The molecule has 1 aromatic rings. The predicted octanol–water partition coefficient (Wildman–Crippen LogP) is 4.08. The molecule has 5 nitrogen and oxygen atoms in total. The molecule has 0 aliphatic carbocycles. The number of hydrogen-bond acceptors (Lipinski definition) is 4. The van der Waals surface area contributed by atoms with Gasteiger partial charge < -0.3 is 19.3 Å². The number of hydrogen-bond donors (Lipinski definition) is 0. The minimum Gasteiger partial charge on any atom is -0.427 e. The van der Waals surface area contributed by atoms with E-state index >= 15 is 0 Å². The fraction of sp³-hybridized carbons (Fsp3) is 0.562. The first-order valence-corrected chi connectivity index (χ1v) is 9.37. The highest BCUT2D eigenvalue weighted by Crippen LogP contribution is 2.51. The van der Waals surface area contributed by atoms with Gasteiger partial charge in [-0.15, -0.1) is 0 Å². The third-order valence-electron chi connectivity index (χ3n) is 4.33. The Kier molecular flexibility index (Phi) is 5.65. The van der Waals surface area contributed by atoms with E-state index in [1.54, 1.807) is 12.1 Å². The highest BCUT2D eigenvalue weighted by atomic mass is 35.6. The molecule has 0 aromatic heterocycles. The van der Waals surface area contributed by atoms with Crippen LogP contribution in [0, 0.1) is 0 Å². The minimum absolute atomic E-state index is 0.134. The molecule has 2 aliphatic rings. The number of piperazine rings is 1. The molecule has 0 spiro atoms. The summed E-state index contributed by atoms with van der Waals surface area (Å²) in [5, 5.41) is 0. The maximum absolute atomic E-state index is 13.8. The lowest BCUT2D eigenvalue weighted by Crippen LogP contribution is -2.56. The molecule has 1 aromatic carbocycles. The topological polar surface area (TPSA) is 37.3 Å². The van der Waals surface area contributed by atoms with E-state index in [0.29, 0.717) is 13.1 Å². The number of alkyl halides is 6. The summed E-state index contributed by atoms with van der Waals surface area (Å²) in [6, 6.07) is 6.23. The van der Waals surface area contributed by atoms with Crippen LogP contribution in [0.3, 0.4) is 0 Å². The van der Waals surface area contributed by atoms with E-state index in [0.717, 1.165) is 11.4 Å². The zero-order valence-electron chi connectivity index (χ0n) is 14.3. The fourth-order valence-corrected chi connectivity index (χ4v) is 3.25. The van der Waals surface area contributed by atoms with Crippen molar-refractivity contribution in [3.63, 3.8) is 0 Å². The summed E-state index contributed by atoms with van der Waals surface area (Å²) < 4.78 is 49.9. The number of rotatable bonds is 2. The molecule has 0 radical (unpaired) electrons. The van der Waals surface area contributed by atoms with Gasteiger partial charge in [-0.2, -0.15) is 18.2 Å². The Morgan fingerprint density at radius 3 is 2.00 bits per heavy atom. The summed E-state index contributed by atoms with van der Waals surface area (Å²) in [6.07, 6.45) is -4.78. The number of amidine groups is 1. The Hall–Kier alpha value is -1.09. The summed E-state index contributed by atoms with van der Waals surface area (Å²) >= 11 is 17.8. The molecule has 0 saturated carbocycles. The molecule has 1 saturated heterocycles. The van der Waals surface area contributed by atoms with Crippen LogP contribution in [0.1, 0.15) is 6.92 Å². The van der Waals surface area contributed by atoms with Gasteiger partial charge in [0.05, 0.1) is 0 Å². The summed E-state index contributed by atoms with van der Waals surface area (Å²) in [7, 11) is 0. The maximum Gasteiger partial charge on any atom is 0.449 e. The van der Waals surface area contributed by atoms with Crippen LogP contribution >= 0.6 is 34.8 Å². The van der Waals surface area contributed by atoms with Gasteiger partial charge >= 0.3 is 12.1 Å². The first-order chi connectivity index (χ1) is 12.6. The Morgan fingerprint density at radius 1 is 1.07 bits per heavy atom. The van der Waals surface area contributed by atoms with Crippen molar-refractivity contribution >= 4 is 40.6 Å². The molecule has 1 fully saturated rings. The van der Waals surface area contributed by atoms with Crippen molar-refractivity contribution in [1.82, 2.24) is 9.80 Å². The fourth-order valence-electron chi connectivity index (χ4n) is 2.89. The molecular formula is C16H17Cl3F3N3O2. The number of aliphatic imine (C=N–C) groups is 1. The van der Waals surface area contributed by atoms with E-state index in [1.165, 1.54) is 12.1 Å². The average molecular weight is 447 g/mol. The lowest BCUT2D eigenvalue weighted by molar-refractivity contribution is -0.0906. The molecular weight excluding hydrogens is 430 g/mol. The summed E-state index contributed by atoms with van der Waals surface area (Å²) in [4.78, 5) is 6.84. The zero-order valence-corrected chi connectivity index (χ0v) is 16.5. The summed E-state index contributed by atoms with van der Waals surface area (Å²) in [5.41, 5.74) is 0. The van der Waals surface area contributed by atoms with Gasteiger partial charge in [-0.05, 0) is 18.7 Å². The lowest BCUT2D eigenvalue weighted by Gasteiger charge is -2.38. The third kappa shape index (κ3) is 4.18. The monoisotopic (exact) mass is 445 g/mol. The second-order valence-electron chi connectivity index (χ2n) is 6.08. The Bertz CT molecular complexity index is 692. The quantitative estimate of drug-likeness (QED) is 0.390. The van der Waals surface area contributed by atoms with E-state index in [2.05, 4.69) is 4.99 Å². The normalized spacial score (nSPS) is 20.9. The standard InChI is InChI=1S/C16H17Cl3F3N3O2/c1-2-24-7-9-25(10-8-24)13(14(20,21)22)23-16(15(17,18)19)26-11-5-3-4-6-12(11)27-16/h3-6H,2,7-10H2,1H3/b23-13-. The molecule has 0 amide bonds. The number of fused-ring (bicyclic) bond motifs is 1. The van der Waals surface area contributed by atoms with Crippen molar-refractivity contribution < 1.29 is 22.6 Å². The van der Waals surface area contributed by atoms with Gasteiger partial charge in [0.2, 0.25) is 5.84 Å². The van der Waals surface area contributed by atoms with Gasteiger partial charge in [-0.3, -0.25) is 0 Å². The van der Waals surface area contributed by atoms with E-state index < -0.39 is 21.7 Å². The van der Waals surface area contributed by atoms with Crippen LogP contribution in [0.5, 0.6) is 11.5 Å². The van der Waals surface area contributed by atoms with E-state index in [9.17, 15) is 13.2 Å². The van der Waals surface area contributed by atoms with Crippen LogP contribution in [-0.4, -0.2) is 64.2 Å². The van der Waals surface area contributed by atoms with Crippen molar-refractivity contribution in [2.75, 3.05) is 32.7 Å². The van der Waals surface area contributed by atoms with Crippen LogP contribution in [-0.2, 0) is 0 Å². The number of para-hydroxylation sites is 2. The predicted molar refractivity (Wildman–Crippen MR) is 97.9 cm³/mol. The largest absolute Gasteiger partial charge is 0.449 e. The van der Waals surface area contributed by atoms with E-state index in [-0.39, 0.29) is 24.6 Å². The first kappa shape index (κ1) is 20.6.